The first-order valence-electron chi connectivity index (χ1n) is 10.8. The highest BCUT2D eigenvalue weighted by atomic mass is 16.1. The zero-order valence-electron chi connectivity index (χ0n) is 16.9. The van der Waals surface area contributed by atoms with Crippen molar-refractivity contribution in [3.05, 3.63) is 42.5 Å². The number of carbonyl (C=O) groups excluding carboxylic acids is 1. The zero-order chi connectivity index (χ0) is 19.9. The molecule has 1 atom stereocenters. The average Bonchev–Trinajstić information content (AvgIpc) is 3.57. The minimum Gasteiger partial charge on any atom is -0.367 e. The van der Waals surface area contributed by atoms with Gasteiger partial charge in [-0.3, -0.25) is 9.78 Å². The average molecular weight is 395 g/mol. The molecule has 1 saturated heterocycles. The molecule has 154 valence electrons. The van der Waals surface area contributed by atoms with E-state index in [0.717, 1.165) is 44.0 Å². The molecule has 1 saturated carbocycles. The first kappa shape index (κ1) is 19.6. The Balaban J connectivity index is 1.20. The third-order valence-electron chi connectivity index (χ3n) is 5.69. The molecule has 1 aliphatic carbocycles. The summed E-state index contributed by atoms with van der Waals surface area (Å²) in [5.74, 6) is 2.60. The van der Waals surface area contributed by atoms with Crippen LogP contribution in [0.15, 0.2) is 36.9 Å². The Kier molecular flexibility index (Phi) is 6.54. The lowest BCUT2D eigenvalue weighted by atomic mass is 9.93. The molecule has 7 nitrogen and oxygen atoms in total. The lowest BCUT2D eigenvalue weighted by Crippen LogP contribution is -2.36. The molecule has 1 aliphatic heterocycles. The Morgan fingerprint density at radius 3 is 2.86 bits per heavy atom. The van der Waals surface area contributed by atoms with E-state index in [-0.39, 0.29) is 5.91 Å². The maximum Gasteiger partial charge on any atom is 0.220 e. The standard InChI is InChI=1S/C22H30N6O/c29-22(24-12-9-17-7-10-23-11-8-17)6-3-18-2-1-13-28(15-18)21-14-20(25-16-26-21)27-19-4-5-19/h7-8,10-11,14,16,18-19H,1-6,9,12-13,15H2,(H,24,29)(H,25,26,27)/t18-/m0/s1. The van der Waals surface area contributed by atoms with Crippen LogP contribution in [0, 0.1) is 5.92 Å². The van der Waals surface area contributed by atoms with Gasteiger partial charge in [-0.25, -0.2) is 9.97 Å². The van der Waals surface area contributed by atoms with Crippen molar-refractivity contribution in [2.75, 3.05) is 29.9 Å². The molecule has 0 radical (unpaired) electrons. The summed E-state index contributed by atoms with van der Waals surface area (Å²) >= 11 is 0. The monoisotopic (exact) mass is 394 g/mol. The SMILES string of the molecule is O=C(CC[C@@H]1CCCN(c2cc(NC3CC3)ncn2)C1)NCCc1ccncc1. The van der Waals surface area contributed by atoms with Crippen LogP contribution < -0.4 is 15.5 Å². The van der Waals surface area contributed by atoms with Crippen molar-refractivity contribution in [2.24, 2.45) is 5.92 Å². The second-order valence-corrected chi connectivity index (χ2v) is 8.13. The molecule has 2 fully saturated rings. The summed E-state index contributed by atoms with van der Waals surface area (Å²) in [6.45, 7) is 2.66. The predicted molar refractivity (Wildman–Crippen MR) is 114 cm³/mol. The van der Waals surface area contributed by atoms with E-state index < -0.39 is 0 Å². The number of carbonyl (C=O) groups is 1. The van der Waals surface area contributed by atoms with Crippen LogP contribution in [0.5, 0.6) is 0 Å². The van der Waals surface area contributed by atoms with E-state index in [1.165, 1.54) is 24.8 Å². The molecule has 4 rings (SSSR count). The molecule has 7 heteroatoms. The van der Waals surface area contributed by atoms with Gasteiger partial charge in [-0.05, 0) is 62.1 Å². The molecule has 0 unspecified atom stereocenters. The number of nitrogens with one attached hydrogen (secondary N) is 2. The summed E-state index contributed by atoms with van der Waals surface area (Å²) in [5, 5.41) is 6.49. The van der Waals surface area contributed by atoms with Crippen molar-refractivity contribution in [3.8, 4) is 0 Å². The van der Waals surface area contributed by atoms with E-state index in [1.54, 1.807) is 18.7 Å². The van der Waals surface area contributed by atoms with Gasteiger partial charge in [-0.2, -0.15) is 0 Å². The third kappa shape index (κ3) is 6.14. The van der Waals surface area contributed by atoms with Crippen LogP contribution in [0.4, 0.5) is 11.6 Å². The van der Waals surface area contributed by atoms with Gasteiger partial charge < -0.3 is 15.5 Å². The second kappa shape index (κ2) is 9.67. The van der Waals surface area contributed by atoms with Crippen LogP contribution in [0.25, 0.3) is 0 Å². The topological polar surface area (TPSA) is 83.0 Å². The summed E-state index contributed by atoms with van der Waals surface area (Å²) in [6, 6.07) is 6.62. The number of nitrogens with zero attached hydrogens (tertiary/aromatic N) is 4. The molecule has 2 aromatic heterocycles. The summed E-state index contributed by atoms with van der Waals surface area (Å²) in [4.78, 5) is 27.4. The quantitative estimate of drug-likeness (QED) is 0.681. The molecule has 0 aromatic carbocycles. The van der Waals surface area contributed by atoms with Gasteiger partial charge in [0.2, 0.25) is 5.91 Å². The summed E-state index contributed by atoms with van der Waals surface area (Å²) in [5.41, 5.74) is 1.20. The number of hydrogen-bond acceptors (Lipinski definition) is 6. The molecule has 1 amide bonds. The van der Waals surface area contributed by atoms with E-state index in [2.05, 4.69) is 36.6 Å². The summed E-state index contributed by atoms with van der Waals surface area (Å²) < 4.78 is 0. The maximum absolute atomic E-state index is 12.2. The highest BCUT2D eigenvalue weighted by Gasteiger charge is 2.24. The Morgan fingerprint density at radius 1 is 1.17 bits per heavy atom. The number of pyridine rings is 1. The Bertz CT molecular complexity index is 795. The van der Waals surface area contributed by atoms with Gasteiger partial charge in [-0.1, -0.05) is 0 Å². The Hall–Kier alpha value is -2.70. The largest absolute Gasteiger partial charge is 0.367 e. The number of piperidine rings is 1. The van der Waals surface area contributed by atoms with E-state index in [1.807, 2.05) is 12.1 Å². The second-order valence-electron chi connectivity index (χ2n) is 8.13. The van der Waals surface area contributed by atoms with E-state index in [9.17, 15) is 4.79 Å². The highest BCUT2D eigenvalue weighted by molar-refractivity contribution is 5.75. The molecule has 2 N–H and O–H groups in total. The lowest BCUT2D eigenvalue weighted by molar-refractivity contribution is -0.121. The maximum atomic E-state index is 12.2. The smallest absolute Gasteiger partial charge is 0.220 e. The first-order valence-corrected chi connectivity index (χ1v) is 10.8. The minimum absolute atomic E-state index is 0.147. The van der Waals surface area contributed by atoms with Gasteiger partial charge in [0.1, 0.15) is 18.0 Å². The molecular weight excluding hydrogens is 364 g/mol. The van der Waals surface area contributed by atoms with Crippen LogP contribution in [-0.2, 0) is 11.2 Å². The van der Waals surface area contributed by atoms with Gasteiger partial charge in [0, 0.05) is 50.6 Å². The van der Waals surface area contributed by atoms with Crippen molar-refractivity contribution in [2.45, 2.75) is 51.0 Å². The van der Waals surface area contributed by atoms with Crippen LogP contribution in [0.2, 0.25) is 0 Å². The fourth-order valence-corrected chi connectivity index (χ4v) is 3.86. The van der Waals surface area contributed by atoms with Gasteiger partial charge >= 0.3 is 0 Å². The number of anilines is 2. The van der Waals surface area contributed by atoms with Crippen LogP contribution in [0.1, 0.15) is 44.1 Å². The molecule has 0 bridgehead atoms. The van der Waals surface area contributed by atoms with Gasteiger partial charge in [0.05, 0.1) is 0 Å². The fraction of sp³-hybridized carbons (Fsp3) is 0.545. The summed E-state index contributed by atoms with van der Waals surface area (Å²) in [6.07, 6.45) is 12.4. The van der Waals surface area contributed by atoms with Crippen LogP contribution in [-0.4, -0.2) is 46.5 Å². The first-order chi connectivity index (χ1) is 14.3. The zero-order valence-corrected chi connectivity index (χ0v) is 16.9. The van der Waals surface area contributed by atoms with Crippen molar-refractivity contribution in [1.29, 1.82) is 0 Å². The van der Waals surface area contributed by atoms with E-state index in [4.69, 9.17) is 0 Å². The van der Waals surface area contributed by atoms with Crippen molar-refractivity contribution < 1.29 is 4.79 Å². The number of hydrogen-bond donors (Lipinski definition) is 2. The number of rotatable bonds is 9. The summed E-state index contributed by atoms with van der Waals surface area (Å²) in [7, 11) is 0. The lowest BCUT2D eigenvalue weighted by Gasteiger charge is -2.33. The van der Waals surface area contributed by atoms with E-state index >= 15 is 0 Å². The Labute approximate surface area is 172 Å². The van der Waals surface area contributed by atoms with Crippen molar-refractivity contribution in [1.82, 2.24) is 20.3 Å². The predicted octanol–water partition coefficient (Wildman–Crippen LogP) is 2.80. The van der Waals surface area contributed by atoms with Crippen molar-refractivity contribution in [3.63, 3.8) is 0 Å². The van der Waals surface area contributed by atoms with Crippen molar-refractivity contribution >= 4 is 17.5 Å². The number of aromatic nitrogens is 3. The fourth-order valence-electron chi connectivity index (χ4n) is 3.86. The third-order valence-corrected chi connectivity index (χ3v) is 5.69. The number of amides is 1. The van der Waals surface area contributed by atoms with Gasteiger partial charge in [0.25, 0.3) is 0 Å². The highest BCUT2D eigenvalue weighted by Crippen LogP contribution is 2.27. The molecule has 0 spiro atoms. The molecule has 3 heterocycles. The molecule has 2 aromatic rings. The normalized spacial score (nSPS) is 19.0. The van der Waals surface area contributed by atoms with Crippen LogP contribution in [0.3, 0.4) is 0 Å². The minimum atomic E-state index is 0.147. The van der Waals surface area contributed by atoms with Gasteiger partial charge in [0.15, 0.2) is 0 Å². The molecule has 29 heavy (non-hydrogen) atoms. The van der Waals surface area contributed by atoms with Crippen LogP contribution >= 0.6 is 0 Å². The Morgan fingerprint density at radius 2 is 2.03 bits per heavy atom. The van der Waals surface area contributed by atoms with Gasteiger partial charge in [-0.15, -0.1) is 0 Å². The molecular formula is C22H30N6O. The molecule has 2 aliphatic rings. The van der Waals surface area contributed by atoms with E-state index in [0.29, 0.717) is 24.9 Å².